The lowest BCUT2D eigenvalue weighted by molar-refractivity contribution is -0.197. The first-order valence-corrected chi connectivity index (χ1v) is 7.27. The molecule has 1 rings (SSSR count). The number of carbonyl (C=O) groups is 3. The maximum Gasteiger partial charge on any atom is 0.333 e. The van der Waals surface area contributed by atoms with Gasteiger partial charge in [0.2, 0.25) is 0 Å². The maximum absolute atomic E-state index is 11.3. The van der Waals surface area contributed by atoms with Crippen LogP contribution in [0.4, 0.5) is 0 Å². The van der Waals surface area contributed by atoms with Crippen LogP contribution in [0.2, 0.25) is 0 Å². The molecule has 2 amide bonds. The lowest BCUT2D eigenvalue weighted by atomic mass is 10.3. The average molecular weight is 276 g/mol. The van der Waals surface area contributed by atoms with Gasteiger partial charge in [-0.15, -0.1) is 5.06 Å². The van der Waals surface area contributed by atoms with Crippen molar-refractivity contribution in [2.45, 2.75) is 39.2 Å². The van der Waals surface area contributed by atoms with Gasteiger partial charge in [-0.3, -0.25) is 9.59 Å². The normalized spacial score (nSPS) is 18.4. The summed E-state index contributed by atoms with van der Waals surface area (Å²) in [5.74, 6) is -0.958. The highest BCUT2D eigenvalue weighted by Crippen LogP contribution is 2.12. The second kappa shape index (κ2) is 8.93. The zero-order valence-corrected chi connectivity index (χ0v) is 11.8. The molecular formula is C11H20N2O4S. The second-order valence-electron chi connectivity index (χ2n) is 3.40. The molecule has 7 heteroatoms. The molecule has 0 bridgehead atoms. The fourth-order valence-corrected chi connectivity index (χ4v) is 1.67. The minimum atomic E-state index is -0.883. The van der Waals surface area contributed by atoms with E-state index in [0.29, 0.717) is 11.5 Å². The Bertz CT molecular complexity index is 309. The molecule has 1 aliphatic heterocycles. The number of carbonyl (C=O) groups excluding carboxylic acids is 3. The summed E-state index contributed by atoms with van der Waals surface area (Å²) in [6.45, 7) is 4.00. The summed E-state index contributed by atoms with van der Waals surface area (Å²) in [6, 6.07) is -0.883. The van der Waals surface area contributed by atoms with E-state index in [1.807, 2.05) is 20.1 Å². The minimum Gasteiger partial charge on any atom is -0.330 e. The van der Waals surface area contributed by atoms with Crippen LogP contribution in [0.5, 0.6) is 0 Å². The van der Waals surface area contributed by atoms with Crippen LogP contribution in [-0.2, 0) is 19.2 Å². The van der Waals surface area contributed by atoms with E-state index >= 15 is 0 Å². The molecule has 0 aromatic heterocycles. The molecule has 6 nitrogen and oxygen atoms in total. The highest BCUT2D eigenvalue weighted by Gasteiger charge is 2.39. The highest BCUT2D eigenvalue weighted by atomic mass is 32.2. The van der Waals surface area contributed by atoms with Gasteiger partial charge in [-0.2, -0.15) is 11.8 Å². The van der Waals surface area contributed by atoms with E-state index in [4.69, 9.17) is 5.73 Å². The number of nitrogens with two attached hydrogens (primary N) is 1. The Morgan fingerprint density at radius 2 is 2.11 bits per heavy atom. The number of hydroxylamine groups is 2. The standard InChI is InChI=1S/C9H14N2O4S.C2H6/c1-16-4-2-3-8(13)15-11-7(12)5-6(10)9(11)14;1-2/h6H,2-5,10H2,1H3;1-2H3. The molecule has 1 saturated heterocycles. The molecule has 0 aromatic carbocycles. The van der Waals surface area contributed by atoms with Crippen molar-refractivity contribution < 1.29 is 19.2 Å². The van der Waals surface area contributed by atoms with Crippen molar-refractivity contribution in [2.75, 3.05) is 12.0 Å². The molecule has 1 aliphatic rings. The van der Waals surface area contributed by atoms with Crippen molar-refractivity contribution in [3.63, 3.8) is 0 Å². The summed E-state index contributed by atoms with van der Waals surface area (Å²) >= 11 is 1.61. The molecule has 1 fully saturated rings. The predicted molar refractivity (Wildman–Crippen MR) is 69.5 cm³/mol. The van der Waals surface area contributed by atoms with Gasteiger partial charge < -0.3 is 10.6 Å². The molecule has 1 unspecified atom stereocenters. The molecule has 0 spiro atoms. The number of rotatable bonds is 5. The van der Waals surface area contributed by atoms with E-state index in [1.165, 1.54) is 0 Å². The van der Waals surface area contributed by atoms with E-state index in [1.54, 1.807) is 11.8 Å². The quantitative estimate of drug-likeness (QED) is 0.587. The molecule has 1 heterocycles. The van der Waals surface area contributed by atoms with Crippen LogP contribution in [-0.4, -0.2) is 40.9 Å². The Hall–Kier alpha value is -1.08. The van der Waals surface area contributed by atoms with Gasteiger partial charge in [0.15, 0.2) is 0 Å². The number of imide groups is 1. The van der Waals surface area contributed by atoms with Crippen molar-refractivity contribution in [1.82, 2.24) is 5.06 Å². The van der Waals surface area contributed by atoms with Crippen LogP contribution in [0.25, 0.3) is 0 Å². The number of thioether (sulfide) groups is 1. The van der Waals surface area contributed by atoms with Gasteiger partial charge in [0.25, 0.3) is 11.8 Å². The van der Waals surface area contributed by atoms with E-state index in [0.717, 1.165) is 5.75 Å². The zero-order valence-electron chi connectivity index (χ0n) is 11.0. The van der Waals surface area contributed by atoms with Gasteiger partial charge in [0.1, 0.15) is 0 Å². The Kier molecular flexibility index (Phi) is 8.40. The first-order valence-electron chi connectivity index (χ1n) is 5.88. The molecule has 18 heavy (non-hydrogen) atoms. The average Bonchev–Trinajstić information content (AvgIpc) is 2.59. The van der Waals surface area contributed by atoms with Crippen molar-refractivity contribution in [2.24, 2.45) is 5.73 Å². The fraction of sp³-hybridized carbons (Fsp3) is 0.727. The molecule has 2 N–H and O–H groups in total. The smallest absolute Gasteiger partial charge is 0.330 e. The van der Waals surface area contributed by atoms with Gasteiger partial charge in [-0.05, 0) is 18.4 Å². The monoisotopic (exact) mass is 276 g/mol. The van der Waals surface area contributed by atoms with Crippen LogP contribution in [0.15, 0.2) is 0 Å². The summed E-state index contributed by atoms with van der Waals surface area (Å²) < 4.78 is 0. The number of hydrogen-bond donors (Lipinski definition) is 1. The molecular weight excluding hydrogens is 256 g/mol. The van der Waals surface area contributed by atoms with Gasteiger partial charge in [0, 0.05) is 6.42 Å². The van der Waals surface area contributed by atoms with Crippen LogP contribution >= 0.6 is 11.8 Å². The van der Waals surface area contributed by atoms with E-state index < -0.39 is 23.8 Å². The third-order valence-electron chi connectivity index (χ3n) is 2.06. The first kappa shape index (κ1) is 16.9. The minimum absolute atomic E-state index is 0.100. The van der Waals surface area contributed by atoms with Crippen LogP contribution in [0.3, 0.4) is 0 Å². The zero-order chi connectivity index (χ0) is 14.1. The highest BCUT2D eigenvalue weighted by molar-refractivity contribution is 7.98. The fourth-order valence-electron chi connectivity index (χ4n) is 1.24. The van der Waals surface area contributed by atoms with Crippen LogP contribution < -0.4 is 5.73 Å². The molecule has 104 valence electrons. The van der Waals surface area contributed by atoms with Crippen molar-refractivity contribution in [3.8, 4) is 0 Å². The number of hydrogen-bond acceptors (Lipinski definition) is 6. The van der Waals surface area contributed by atoms with Gasteiger partial charge >= 0.3 is 5.97 Å². The summed E-state index contributed by atoms with van der Waals surface area (Å²) in [7, 11) is 0. The third kappa shape index (κ3) is 5.05. The van der Waals surface area contributed by atoms with Crippen molar-refractivity contribution >= 4 is 29.5 Å². The molecule has 0 radical (unpaired) electrons. The van der Waals surface area contributed by atoms with Crippen LogP contribution in [0, 0.1) is 0 Å². The second-order valence-corrected chi connectivity index (χ2v) is 4.38. The first-order chi connectivity index (χ1) is 8.56. The van der Waals surface area contributed by atoms with Crippen LogP contribution in [0.1, 0.15) is 33.1 Å². The summed E-state index contributed by atoms with van der Waals surface area (Å²) in [6.07, 6.45) is 2.67. The maximum atomic E-state index is 11.3. The topological polar surface area (TPSA) is 89.7 Å². The lowest BCUT2D eigenvalue weighted by Crippen LogP contribution is -2.36. The Balaban J connectivity index is 0.00000137. The summed E-state index contributed by atoms with van der Waals surface area (Å²) in [4.78, 5) is 38.4. The van der Waals surface area contributed by atoms with Gasteiger partial charge in [-0.1, -0.05) is 13.8 Å². The molecule has 0 saturated carbocycles. The lowest BCUT2D eigenvalue weighted by Gasteiger charge is -2.12. The Morgan fingerprint density at radius 1 is 1.50 bits per heavy atom. The van der Waals surface area contributed by atoms with E-state index in [9.17, 15) is 14.4 Å². The third-order valence-corrected chi connectivity index (χ3v) is 2.76. The van der Waals surface area contributed by atoms with E-state index in [2.05, 4.69) is 4.84 Å². The number of nitrogens with zero attached hydrogens (tertiary/aromatic N) is 1. The van der Waals surface area contributed by atoms with E-state index in [-0.39, 0.29) is 12.8 Å². The number of amides is 2. The summed E-state index contributed by atoms with van der Waals surface area (Å²) in [5.41, 5.74) is 5.35. The Labute approximate surface area is 111 Å². The largest absolute Gasteiger partial charge is 0.333 e. The van der Waals surface area contributed by atoms with Crippen molar-refractivity contribution in [3.05, 3.63) is 0 Å². The summed E-state index contributed by atoms with van der Waals surface area (Å²) in [5, 5.41) is 0.478. The molecule has 0 aliphatic carbocycles. The predicted octanol–water partition coefficient (Wildman–Crippen LogP) is 0.700. The van der Waals surface area contributed by atoms with Gasteiger partial charge in [0.05, 0.1) is 12.5 Å². The molecule has 1 atom stereocenters. The van der Waals surface area contributed by atoms with Crippen molar-refractivity contribution in [1.29, 1.82) is 0 Å². The SMILES string of the molecule is CC.CSCCCC(=O)ON1C(=O)CC(N)C1=O. The van der Waals surface area contributed by atoms with Gasteiger partial charge in [-0.25, -0.2) is 4.79 Å². The molecule has 0 aromatic rings. The Morgan fingerprint density at radius 3 is 2.56 bits per heavy atom.